The Morgan fingerprint density at radius 1 is 1.13 bits per heavy atom. The summed E-state index contributed by atoms with van der Waals surface area (Å²) in [6.07, 6.45) is 3.68. The predicted octanol–water partition coefficient (Wildman–Crippen LogP) is 4.31. The standard InChI is InChI=1S/C21H20Cl2N4O3/c1-12(17-5-4-15(22)10-19(17)23)26-20(28)14(3)30-21(29)18-11-25-27(13(18)2)16-6-8-24-9-7-16/h4-12,14H,1-3H3,(H,26,28)/t12-,14+/m1/s1. The van der Waals surface area contributed by atoms with E-state index >= 15 is 0 Å². The van der Waals surface area contributed by atoms with E-state index in [1.165, 1.54) is 13.1 Å². The molecule has 0 bridgehead atoms. The first-order valence-electron chi connectivity index (χ1n) is 9.19. The van der Waals surface area contributed by atoms with Crippen molar-refractivity contribution in [1.82, 2.24) is 20.1 Å². The zero-order valence-electron chi connectivity index (χ0n) is 16.6. The van der Waals surface area contributed by atoms with Crippen molar-refractivity contribution < 1.29 is 14.3 Å². The molecule has 9 heteroatoms. The van der Waals surface area contributed by atoms with E-state index in [0.29, 0.717) is 21.3 Å². The molecule has 2 heterocycles. The summed E-state index contributed by atoms with van der Waals surface area (Å²) in [7, 11) is 0. The molecular formula is C21H20Cl2N4O3. The molecule has 1 N–H and O–H groups in total. The number of nitrogens with one attached hydrogen (secondary N) is 1. The molecule has 156 valence electrons. The number of rotatable bonds is 6. The molecular weight excluding hydrogens is 427 g/mol. The van der Waals surface area contributed by atoms with Crippen molar-refractivity contribution in [2.45, 2.75) is 32.9 Å². The van der Waals surface area contributed by atoms with E-state index in [1.807, 2.05) is 0 Å². The van der Waals surface area contributed by atoms with Gasteiger partial charge in [-0.25, -0.2) is 9.48 Å². The maximum absolute atomic E-state index is 12.6. The van der Waals surface area contributed by atoms with Gasteiger partial charge in [-0.3, -0.25) is 9.78 Å². The highest BCUT2D eigenvalue weighted by molar-refractivity contribution is 6.35. The number of amides is 1. The van der Waals surface area contributed by atoms with Gasteiger partial charge in [0.25, 0.3) is 5.91 Å². The van der Waals surface area contributed by atoms with Crippen LogP contribution in [0.5, 0.6) is 0 Å². The fraction of sp³-hybridized carbons (Fsp3) is 0.238. The van der Waals surface area contributed by atoms with Crippen molar-refractivity contribution in [2.75, 3.05) is 0 Å². The van der Waals surface area contributed by atoms with Crippen molar-refractivity contribution in [2.24, 2.45) is 0 Å². The van der Waals surface area contributed by atoms with Gasteiger partial charge in [-0.05, 0) is 50.6 Å². The number of hydrogen-bond donors (Lipinski definition) is 1. The Morgan fingerprint density at radius 3 is 2.50 bits per heavy atom. The fourth-order valence-electron chi connectivity index (χ4n) is 2.89. The third-order valence-corrected chi connectivity index (χ3v) is 5.14. The molecule has 2 atom stereocenters. The van der Waals surface area contributed by atoms with Crippen molar-refractivity contribution in [3.8, 4) is 5.69 Å². The van der Waals surface area contributed by atoms with Crippen LogP contribution in [0, 0.1) is 6.92 Å². The number of carbonyl (C=O) groups excluding carboxylic acids is 2. The van der Waals surface area contributed by atoms with Crippen LogP contribution in [0.2, 0.25) is 10.0 Å². The summed E-state index contributed by atoms with van der Waals surface area (Å²) >= 11 is 12.1. The first-order chi connectivity index (χ1) is 14.3. The van der Waals surface area contributed by atoms with Crippen LogP contribution in [-0.2, 0) is 9.53 Å². The third kappa shape index (κ3) is 4.80. The SMILES string of the molecule is Cc1c(C(=O)O[C@@H](C)C(=O)N[C@H](C)c2ccc(Cl)cc2Cl)cnn1-c1ccncc1. The smallest absolute Gasteiger partial charge is 0.342 e. The van der Waals surface area contributed by atoms with Crippen molar-refractivity contribution in [3.05, 3.63) is 75.8 Å². The molecule has 0 fully saturated rings. The van der Waals surface area contributed by atoms with Gasteiger partial charge in [-0.15, -0.1) is 0 Å². The zero-order chi connectivity index (χ0) is 21.8. The second kappa shape index (κ2) is 9.28. The van der Waals surface area contributed by atoms with E-state index in [1.54, 1.807) is 61.3 Å². The Bertz CT molecular complexity index is 1070. The van der Waals surface area contributed by atoms with E-state index in [4.69, 9.17) is 27.9 Å². The molecule has 0 unspecified atom stereocenters. The van der Waals surface area contributed by atoms with Crippen LogP contribution < -0.4 is 5.32 Å². The maximum Gasteiger partial charge on any atom is 0.342 e. The molecule has 30 heavy (non-hydrogen) atoms. The molecule has 1 aromatic carbocycles. The molecule has 0 radical (unpaired) electrons. The van der Waals surface area contributed by atoms with Crippen LogP contribution in [0.15, 0.2) is 48.9 Å². The minimum atomic E-state index is -1.00. The van der Waals surface area contributed by atoms with Crippen LogP contribution >= 0.6 is 23.2 Å². The average molecular weight is 447 g/mol. The third-order valence-electron chi connectivity index (χ3n) is 4.58. The minimum Gasteiger partial charge on any atom is -0.449 e. The van der Waals surface area contributed by atoms with Crippen LogP contribution in [0.25, 0.3) is 5.69 Å². The lowest BCUT2D eigenvalue weighted by Crippen LogP contribution is -2.37. The molecule has 0 saturated heterocycles. The maximum atomic E-state index is 12.6. The summed E-state index contributed by atoms with van der Waals surface area (Å²) in [5, 5.41) is 7.96. The highest BCUT2D eigenvalue weighted by Gasteiger charge is 2.24. The summed E-state index contributed by atoms with van der Waals surface area (Å²) in [4.78, 5) is 29.0. The molecule has 3 aromatic rings. The number of aromatic nitrogens is 3. The van der Waals surface area contributed by atoms with Crippen LogP contribution in [0.1, 0.15) is 41.5 Å². The Hall–Kier alpha value is -2.90. The van der Waals surface area contributed by atoms with Crippen LogP contribution in [0.3, 0.4) is 0 Å². The van der Waals surface area contributed by atoms with Crippen LogP contribution in [0.4, 0.5) is 0 Å². The van der Waals surface area contributed by atoms with Crippen LogP contribution in [-0.4, -0.2) is 32.7 Å². The van der Waals surface area contributed by atoms with Gasteiger partial charge < -0.3 is 10.1 Å². The van der Waals surface area contributed by atoms with Crippen molar-refractivity contribution in [3.63, 3.8) is 0 Å². The quantitative estimate of drug-likeness (QED) is 0.570. The van der Waals surface area contributed by atoms with Gasteiger partial charge in [0.05, 0.1) is 23.6 Å². The summed E-state index contributed by atoms with van der Waals surface area (Å²) < 4.78 is 6.95. The summed E-state index contributed by atoms with van der Waals surface area (Å²) in [6, 6.07) is 8.19. The minimum absolute atomic E-state index is 0.278. The first kappa shape index (κ1) is 21.8. The summed E-state index contributed by atoms with van der Waals surface area (Å²) in [5.41, 5.74) is 2.35. The molecule has 3 rings (SSSR count). The highest BCUT2D eigenvalue weighted by Crippen LogP contribution is 2.26. The number of hydrogen-bond acceptors (Lipinski definition) is 5. The fourth-order valence-corrected chi connectivity index (χ4v) is 3.47. The topological polar surface area (TPSA) is 86.1 Å². The Morgan fingerprint density at radius 2 is 1.83 bits per heavy atom. The van der Waals surface area contributed by atoms with E-state index in [9.17, 15) is 9.59 Å². The van der Waals surface area contributed by atoms with Crippen molar-refractivity contribution in [1.29, 1.82) is 0 Å². The Kier molecular flexibility index (Phi) is 6.74. The average Bonchev–Trinajstić information content (AvgIpc) is 3.09. The first-order valence-corrected chi connectivity index (χ1v) is 9.95. The molecule has 0 spiro atoms. The Labute approximate surface area is 184 Å². The lowest BCUT2D eigenvalue weighted by molar-refractivity contribution is -0.129. The molecule has 0 aliphatic carbocycles. The lowest BCUT2D eigenvalue weighted by Gasteiger charge is -2.19. The van der Waals surface area contributed by atoms with Gasteiger partial charge >= 0.3 is 5.97 Å². The van der Waals surface area contributed by atoms with Gasteiger partial charge in [-0.1, -0.05) is 29.3 Å². The summed E-state index contributed by atoms with van der Waals surface area (Å²) in [6.45, 7) is 5.04. The normalized spacial score (nSPS) is 12.8. The number of benzene rings is 1. The van der Waals surface area contributed by atoms with E-state index < -0.39 is 18.0 Å². The molecule has 2 aromatic heterocycles. The second-order valence-corrected chi connectivity index (χ2v) is 7.55. The lowest BCUT2D eigenvalue weighted by atomic mass is 10.1. The molecule has 0 aliphatic rings. The zero-order valence-corrected chi connectivity index (χ0v) is 18.1. The van der Waals surface area contributed by atoms with E-state index in [-0.39, 0.29) is 11.6 Å². The molecule has 1 amide bonds. The number of nitrogens with zero attached hydrogens (tertiary/aromatic N) is 3. The van der Waals surface area contributed by atoms with Gasteiger partial charge in [0.1, 0.15) is 5.56 Å². The van der Waals surface area contributed by atoms with E-state index in [2.05, 4.69) is 15.4 Å². The Balaban J connectivity index is 1.65. The largest absolute Gasteiger partial charge is 0.449 e. The number of esters is 1. The number of ether oxygens (including phenoxy) is 1. The van der Waals surface area contributed by atoms with Gasteiger partial charge in [0, 0.05) is 22.4 Å². The molecule has 0 aliphatic heterocycles. The number of carbonyl (C=O) groups is 2. The second-order valence-electron chi connectivity index (χ2n) is 6.70. The van der Waals surface area contributed by atoms with Gasteiger partial charge in [0.15, 0.2) is 6.10 Å². The van der Waals surface area contributed by atoms with Gasteiger partial charge in [-0.2, -0.15) is 5.10 Å². The predicted molar refractivity (Wildman–Crippen MR) is 114 cm³/mol. The monoisotopic (exact) mass is 446 g/mol. The summed E-state index contributed by atoms with van der Waals surface area (Å²) in [5.74, 6) is -1.08. The van der Waals surface area contributed by atoms with E-state index in [0.717, 1.165) is 5.69 Å². The highest BCUT2D eigenvalue weighted by atomic mass is 35.5. The van der Waals surface area contributed by atoms with Gasteiger partial charge in [0.2, 0.25) is 0 Å². The molecule has 0 saturated carbocycles. The number of pyridine rings is 1. The van der Waals surface area contributed by atoms with Crippen molar-refractivity contribution >= 4 is 35.1 Å². The number of halogens is 2. The molecule has 7 nitrogen and oxygen atoms in total.